The molecule has 0 aromatic rings. The van der Waals surface area contributed by atoms with Gasteiger partial charge >= 0.3 is 0 Å². The quantitative estimate of drug-likeness (QED) is 0.448. The first kappa shape index (κ1) is 20.7. The van der Waals surface area contributed by atoms with Crippen LogP contribution in [0.15, 0.2) is 0 Å². The van der Waals surface area contributed by atoms with Crippen LogP contribution in [-0.4, -0.2) is 87.0 Å². The lowest BCUT2D eigenvalue weighted by atomic mass is 10.1. The van der Waals surface area contributed by atoms with Crippen LogP contribution < -0.4 is 0 Å². The van der Waals surface area contributed by atoms with E-state index >= 15 is 0 Å². The average Bonchev–Trinajstić information content (AvgIpc) is 3.51. The van der Waals surface area contributed by atoms with E-state index in [-0.39, 0.29) is 0 Å². The molecule has 148 valence electrons. The minimum atomic E-state index is 0.653. The number of thioether (sulfide) groups is 8. The maximum absolute atomic E-state index is 2.45. The Morgan fingerprint density at radius 1 is 0.500 bits per heavy atom. The Morgan fingerprint density at radius 2 is 0.808 bits per heavy atom. The number of hydrogen-bond donors (Lipinski definition) is 0. The molecule has 0 amide bonds. The highest BCUT2D eigenvalue weighted by Crippen LogP contribution is 2.58. The maximum Gasteiger partial charge on any atom is 0.0349 e. The van der Waals surface area contributed by atoms with Crippen LogP contribution >= 0.6 is 94.1 Å². The highest BCUT2D eigenvalue weighted by molar-refractivity contribution is 8.13. The molecule has 0 aliphatic carbocycles. The molecule has 0 N–H and O–H groups in total. The van der Waals surface area contributed by atoms with Crippen molar-refractivity contribution >= 4 is 94.1 Å². The molecule has 0 spiro atoms. The molecule has 6 fully saturated rings. The summed E-state index contributed by atoms with van der Waals surface area (Å²) in [5, 5.41) is 5.94. The lowest BCUT2D eigenvalue weighted by Gasteiger charge is -2.33. The minimum absolute atomic E-state index is 0.653. The van der Waals surface area contributed by atoms with E-state index in [0.717, 1.165) is 31.5 Å². The Hall–Kier alpha value is 2.80. The van der Waals surface area contributed by atoms with E-state index in [0.29, 0.717) is 9.49 Å². The number of hydrogen-bond acceptors (Lipinski definition) is 8. The van der Waals surface area contributed by atoms with Gasteiger partial charge in [0.1, 0.15) is 0 Å². The molecular formula is C18H28S8. The third-order valence-corrected chi connectivity index (χ3v) is 18.7. The summed E-state index contributed by atoms with van der Waals surface area (Å²) in [6.07, 6.45) is 0. The summed E-state index contributed by atoms with van der Waals surface area (Å²) < 4.78 is 1.31. The predicted octanol–water partition coefficient (Wildman–Crippen LogP) is 5.65. The smallest absolute Gasteiger partial charge is 0.0349 e. The Balaban J connectivity index is 0.000000117. The van der Waals surface area contributed by atoms with Crippen LogP contribution in [0.2, 0.25) is 0 Å². The third-order valence-electron chi connectivity index (χ3n) is 5.96. The van der Waals surface area contributed by atoms with Crippen molar-refractivity contribution in [3.05, 3.63) is 0 Å². The van der Waals surface area contributed by atoms with Gasteiger partial charge in [-0.25, -0.2) is 0 Å². The molecule has 0 radical (unpaired) electrons. The standard InChI is InChI=1S/C10H16S4.C8H12S4/c1-9(5-13-9)7-3-12-8(4-11-7)10(2)6-14-10;1-5(9-1)7-3-12-8(4-11-7)6-2-10-6/h7-8H,3-6H2,1-2H3;5-8H,1-4H2. The van der Waals surface area contributed by atoms with Crippen molar-refractivity contribution in [2.75, 3.05) is 46.0 Å². The Kier molecular flexibility index (Phi) is 6.67. The van der Waals surface area contributed by atoms with Crippen LogP contribution in [-0.2, 0) is 0 Å². The molecule has 8 heteroatoms. The Morgan fingerprint density at radius 3 is 1.00 bits per heavy atom. The molecular weight excluding hydrogens is 473 g/mol. The summed E-state index contributed by atoms with van der Waals surface area (Å²) in [5.74, 6) is 11.4. The molecule has 6 aliphatic rings. The predicted molar refractivity (Wildman–Crippen MR) is 139 cm³/mol. The molecule has 26 heavy (non-hydrogen) atoms. The molecule has 6 saturated heterocycles. The van der Waals surface area contributed by atoms with Crippen LogP contribution in [0.4, 0.5) is 0 Å². The van der Waals surface area contributed by atoms with E-state index in [2.05, 4.69) is 108 Å². The summed E-state index contributed by atoms with van der Waals surface area (Å²) in [4.78, 5) is 0. The second-order valence-electron chi connectivity index (χ2n) is 8.33. The van der Waals surface area contributed by atoms with E-state index in [1.54, 1.807) is 0 Å². The molecule has 0 aromatic heterocycles. The summed E-state index contributed by atoms with van der Waals surface area (Å²) in [5.41, 5.74) is 0. The van der Waals surface area contributed by atoms with Crippen molar-refractivity contribution < 1.29 is 0 Å². The van der Waals surface area contributed by atoms with E-state index in [9.17, 15) is 0 Å². The zero-order valence-electron chi connectivity index (χ0n) is 15.4. The van der Waals surface area contributed by atoms with Gasteiger partial charge in [0.05, 0.1) is 0 Å². The van der Waals surface area contributed by atoms with Gasteiger partial charge in [0, 0.05) is 87.0 Å². The van der Waals surface area contributed by atoms with Crippen molar-refractivity contribution in [2.24, 2.45) is 0 Å². The van der Waals surface area contributed by atoms with Gasteiger partial charge in [-0.05, 0) is 13.8 Å². The molecule has 0 nitrogen and oxygen atoms in total. The summed E-state index contributed by atoms with van der Waals surface area (Å²) in [6, 6.07) is 0. The molecule has 6 aliphatic heterocycles. The highest BCUT2D eigenvalue weighted by Gasteiger charge is 2.52. The van der Waals surface area contributed by atoms with Crippen molar-refractivity contribution in [2.45, 2.75) is 54.8 Å². The van der Waals surface area contributed by atoms with Gasteiger partial charge in [0.25, 0.3) is 0 Å². The van der Waals surface area contributed by atoms with Gasteiger partial charge in [-0.15, -0.1) is 0 Å². The zero-order chi connectivity index (χ0) is 17.8. The van der Waals surface area contributed by atoms with Crippen LogP contribution in [0.3, 0.4) is 0 Å². The normalized spacial score (nSPS) is 54.7. The van der Waals surface area contributed by atoms with E-state index < -0.39 is 0 Å². The third kappa shape index (κ3) is 5.16. The lowest BCUT2D eigenvalue weighted by Crippen LogP contribution is -2.36. The van der Waals surface area contributed by atoms with Gasteiger partial charge in [-0.2, -0.15) is 94.1 Å². The molecule has 0 aromatic carbocycles. The largest absolute Gasteiger partial charge is 0.155 e. The van der Waals surface area contributed by atoms with Crippen LogP contribution in [0.25, 0.3) is 0 Å². The van der Waals surface area contributed by atoms with Gasteiger partial charge in [-0.1, -0.05) is 0 Å². The number of rotatable bonds is 4. The maximum atomic E-state index is 2.45. The summed E-state index contributed by atoms with van der Waals surface area (Å²) in [6.45, 7) is 4.90. The average molecular weight is 501 g/mol. The van der Waals surface area contributed by atoms with Crippen LogP contribution in [0, 0.1) is 0 Å². The molecule has 0 saturated carbocycles. The molecule has 6 rings (SSSR count). The first-order valence-electron chi connectivity index (χ1n) is 9.53. The molecule has 6 heterocycles. The monoisotopic (exact) mass is 500 g/mol. The van der Waals surface area contributed by atoms with Gasteiger partial charge < -0.3 is 0 Å². The Bertz CT molecular complexity index is 449. The SMILES string of the molecule is C1SC1C1CSC(C2CS2)CS1.CC1(C2CSC(C3(C)CS3)CS2)CS1. The van der Waals surface area contributed by atoms with Gasteiger partial charge in [0.2, 0.25) is 0 Å². The van der Waals surface area contributed by atoms with E-state index in [1.807, 2.05) is 0 Å². The zero-order valence-corrected chi connectivity index (χ0v) is 21.9. The van der Waals surface area contributed by atoms with Gasteiger partial charge in [0.15, 0.2) is 0 Å². The van der Waals surface area contributed by atoms with Crippen molar-refractivity contribution in [3.63, 3.8) is 0 Å². The fourth-order valence-electron chi connectivity index (χ4n) is 3.31. The Labute approximate surface area is 193 Å². The van der Waals surface area contributed by atoms with Gasteiger partial charge in [-0.3, -0.25) is 0 Å². The first-order chi connectivity index (χ1) is 12.6. The summed E-state index contributed by atoms with van der Waals surface area (Å²) >= 11 is 17.7. The van der Waals surface area contributed by atoms with Crippen molar-refractivity contribution in [3.8, 4) is 0 Å². The second kappa shape index (κ2) is 8.38. The molecule has 8 unspecified atom stereocenters. The van der Waals surface area contributed by atoms with Crippen molar-refractivity contribution in [1.82, 2.24) is 0 Å². The van der Waals surface area contributed by atoms with E-state index in [1.165, 1.54) is 46.0 Å². The minimum Gasteiger partial charge on any atom is -0.155 e. The fraction of sp³-hybridized carbons (Fsp3) is 1.00. The first-order valence-corrected chi connectivity index (χ1v) is 17.8. The fourth-order valence-corrected chi connectivity index (χ4v) is 15.5. The molecule has 8 atom stereocenters. The second-order valence-corrected chi connectivity index (χ2v) is 18.9. The van der Waals surface area contributed by atoms with Crippen LogP contribution in [0.5, 0.6) is 0 Å². The van der Waals surface area contributed by atoms with Crippen molar-refractivity contribution in [1.29, 1.82) is 0 Å². The van der Waals surface area contributed by atoms with E-state index in [4.69, 9.17) is 0 Å². The highest BCUT2D eigenvalue weighted by atomic mass is 32.2. The van der Waals surface area contributed by atoms with Crippen LogP contribution in [0.1, 0.15) is 13.8 Å². The lowest BCUT2D eigenvalue weighted by molar-refractivity contribution is 0.745. The summed E-state index contributed by atoms with van der Waals surface area (Å²) in [7, 11) is 0. The molecule has 0 bridgehead atoms. The topological polar surface area (TPSA) is 0 Å².